The van der Waals surface area contributed by atoms with Crippen LogP contribution < -0.4 is 11.2 Å². The van der Waals surface area contributed by atoms with Gasteiger partial charge in [-0.05, 0) is 6.08 Å². The van der Waals surface area contributed by atoms with Gasteiger partial charge in [-0.2, -0.15) is 0 Å². The largest absolute Gasteiger partial charge is 0.469 e. The van der Waals surface area contributed by atoms with E-state index in [0.717, 1.165) is 10.6 Å². The quantitative estimate of drug-likeness (QED) is 0.163. The van der Waals surface area contributed by atoms with Crippen molar-refractivity contribution in [3.63, 3.8) is 0 Å². The Labute approximate surface area is 170 Å². The Bertz CT molecular complexity index is 893. The summed E-state index contributed by atoms with van der Waals surface area (Å²) >= 11 is 0. The number of aromatic nitrogens is 2. The van der Waals surface area contributed by atoms with Crippen molar-refractivity contribution in [2.75, 3.05) is 6.61 Å². The number of nitrogens with one attached hydrogen (secondary N) is 1. The fourth-order valence-electron chi connectivity index (χ4n) is 1.48. The van der Waals surface area contributed by atoms with Gasteiger partial charge in [0.2, 0.25) is 6.23 Å². The maximum atomic E-state index is 11.4. The number of nitrogens with zero attached hydrogens (tertiary/aromatic N) is 1. The molecule has 2 atom stereocenters. The zero-order valence-corrected chi connectivity index (χ0v) is 17.4. The minimum Gasteiger partial charge on any atom is -0.469 e. The fourth-order valence-corrected chi connectivity index (χ4v) is 1.48. The van der Waals surface area contributed by atoms with E-state index in [4.69, 9.17) is 67.6 Å². The first kappa shape index (κ1) is 31.7. The minimum atomic E-state index is -4.64. The summed E-state index contributed by atoms with van der Waals surface area (Å²) in [5.41, 5.74) is -1.20. The van der Waals surface area contributed by atoms with Crippen LogP contribution in [0.25, 0.3) is 0 Å². The van der Waals surface area contributed by atoms with Gasteiger partial charge in [0, 0.05) is 12.3 Å². The molecule has 19 nitrogen and oxygen atoms in total. The Morgan fingerprint density at radius 1 is 0.903 bits per heavy atom. The van der Waals surface area contributed by atoms with Crippen molar-refractivity contribution in [2.45, 2.75) is 12.3 Å². The molecule has 1 aromatic rings. The third-order valence-corrected chi connectivity index (χ3v) is 2.20. The summed E-state index contributed by atoms with van der Waals surface area (Å²) in [5.74, 6) is 0.190. The summed E-state index contributed by atoms with van der Waals surface area (Å²) in [5, 5.41) is 18.4. The predicted molar refractivity (Wildman–Crippen MR) is 95.4 cm³/mol. The third-order valence-electron chi connectivity index (χ3n) is 2.20. The SMILES string of the molecule is O=P(O)(O)O.O=P(O)(O)O.O=P(O)(O)O.O=c1ccn([C@@H]2OC(CO)=C[C@H]2O)c(=O)[nH]1. The first-order valence-electron chi connectivity index (χ1n) is 6.94. The lowest BCUT2D eigenvalue weighted by Gasteiger charge is -2.17. The molecule has 22 heteroatoms. The lowest BCUT2D eigenvalue weighted by molar-refractivity contribution is -0.0104. The Balaban J connectivity index is 0. The van der Waals surface area contributed by atoms with Crippen LogP contribution in [0, 0.1) is 0 Å². The highest BCUT2D eigenvalue weighted by molar-refractivity contribution is 7.45. The summed E-state index contributed by atoms with van der Waals surface area (Å²) in [4.78, 5) is 89.0. The molecule has 182 valence electrons. The number of aromatic amines is 1. The summed E-state index contributed by atoms with van der Waals surface area (Å²) in [7, 11) is -13.9. The van der Waals surface area contributed by atoms with E-state index < -0.39 is 47.0 Å². The molecule has 1 aliphatic heterocycles. The van der Waals surface area contributed by atoms with Gasteiger partial charge in [-0.1, -0.05) is 0 Å². The van der Waals surface area contributed by atoms with Crippen LogP contribution in [0.2, 0.25) is 0 Å². The highest BCUT2D eigenvalue weighted by Crippen LogP contribution is 2.27. The number of phosphoric acid groups is 3. The number of hydrogen-bond donors (Lipinski definition) is 12. The average Bonchev–Trinajstić information content (AvgIpc) is 2.83. The molecule has 1 aromatic heterocycles. The Hall–Kier alpha value is -1.53. The molecule has 0 saturated heterocycles. The van der Waals surface area contributed by atoms with E-state index in [1.54, 1.807) is 0 Å². The molecule has 0 bridgehead atoms. The fraction of sp³-hybridized carbons (Fsp3) is 0.333. The molecule has 2 rings (SSSR count). The van der Waals surface area contributed by atoms with Crippen LogP contribution in [-0.4, -0.2) is 76.5 Å². The van der Waals surface area contributed by atoms with Crippen LogP contribution >= 0.6 is 23.5 Å². The van der Waals surface area contributed by atoms with Crippen molar-refractivity contribution in [3.8, 4) is 0 Å². The summed E-state index contributed by atoms with van der Waals surface area (Å²) < 4.78 is 32.8. The van der Waals surface area contributed by atoms with Gasteiger partial charge in [0.25, 0.3) is 5.56 Å². The first-order valence-corrected chi connectivity index (χ1v) is 11.6. The minimum absolute atomic E-state index is 0.190. The summed E-state index contributed by atoms with van der Waals surface area (Å²) in [6.45, 7) is -0.355. The van der Waals surface area contributed by atoms with E-state index in [9.17, 15) is 14.7 Å². The topological polar surface area (TPSA) is 338 Å². The lowest BCUT2D eigenvalue weighted by Crippen LogP contribution is -2.35. The number of hydrogen-bond acceptors (Lipinski definition) is 8. The molecule has 0 spiro atoms. The monoisotopic (exact) mass is 520 g/mol. The summed E-state index contributed by atoms with van der Waals surface area (Å²) in [6, 6.07) is 1.15. The van der Waals surface area contributed by atoms with E-state index in [-0.39, 0.29) is 12.4 Å². The second kappa shape index (κ2) is 13.1. The van der Waals surface area contributed by atoms with Gasteiger partial charge in [0.1, 0.15) is 18.5 Å². The number of rotatable bonds is 2. The second-order valence-electron chi connectivity index (χ2n) is 4.85. The van der Waals surface area contributed by atoms with Crippen LogP contribution in [0.1, 0.15) is 6.23 Å². The number of aliphatic hydroxyl groups excluding tert-OH is 2. The molecular formula is C9H19N2O17P3. The van der Waals surface area contributed by atoms with Crippen molar-refractivity contribution in [3.05, 3.63) is 44.9 Å². The van der Waals surface area contributed by atoms with Crippen molar-refractivity contribution < 1.29 is 72.7 Å². The third kappa shape index (κ3) is 23.0. The Morgan fingerprint density at radius 2 is 1.29 bits per heavy atom. The molecule has 0 saturated carbocycles. The van der Waals surface area contributed by atoms with Crippen LogP contribution in [0.5, 0.6) is 0 Å². The standard InChI is InChI=1S/C9H10N2O5.3H3O4P/c12-4-5-3-6(13)8(16-5)11-2-1-7(14)10-9(11)15;3*1-5(2,3)4/h1-3,6,8,12-13H,4H2,(H,10,14,15);3*(H3,1,2,3,4)/t6-,8-;;;/m1.../s1. The van der Waals surface area contributed by atoms with Gasteiger partial charge in [-0.15, -0.1) is 0 Å². The van der Waals surface area contributed by atoms with E-state index in [1.165, 1.54) is 12.3 Å². The second-order valence-corrected chi connectivity index (χ2v) is 7.93. The lowest BCUT2D eigenvalue weighted by atomic mass is 10.3. The zero-order chi connectivity index (χ0) is 25.2. The first-order chi connectivity index (χ1) is 13.6. The smallest absolute Gasteiger partial charge is 0.466 e. The van der Waals surface area contributed by atoms with E-state index in [0.29, 0.717) is 0 Å². The normalized spacial score (nSPS) is 18.1. The molecule has 0 unspecified atom stereocenters. The van der Waals surface area contributed by atoms with Crippen molar-refractivity contribution >= 4 is 23.5 Å². The summed E-state index contributed by atoms with van der Waals surface area (Å²) in [6.07, 6.45) is 0.545. The van der Waals surface area contributed by atoms with E-state index >= 15 is 0 Å². The molecule has 0 fully saturated rings. The molecule has 12 N–H and O–H groups in total. The number of aliphatic hydroxyl groups is 2. The van der Waals surface area contributed by atoms with Crippen LogP contribution in [-0.2, 0) is 18.4 Å². The number of H-pyrrole nitrogens is 1. The Morgan fingerprint density at radius 3 is 1.58 bits per heavy atom. The highest BCUT2D eigenvalue weighted by Gasteiger charge is 2.29. The molecule has 0 aliphatic carbocycles. The maximum absolute atomic E-state index is 11.4. The van der Waals surface area contributed by atoms with Crippen LogP contribution in [0.15, 0.2) is 33.7 Å². The zero-order valence-electron chi connectivity index (χ0n) is 14.8. The highest BCUT2D eigenvalue weighted by atomic mass is 31.2. The molecule has 0 radical (unpaired) electrons. The van der Waals surface area contributed by atoms with Crippen molar-refractivity contribution in [1.82, 2.24) is 9.55 Å². The maximum Gasteiger partial charge on any atom is 0.466 e. The molecule has 2 heterocycles. The van der Waals surface area contributed by atoms with Gasteiger partial charge in [-0.25, -0.2) is 18.5 Å². The molecule has 1 aliphatic rings. The molecule has 0 amide bonds. The molecule has 0 aromatic carbocycles. The van der Waals surface area contributed by atoms with E-state index in [1.807, 2.05) is 4.98 Å². The predicted octanol–water partition coefficient (Wildman–Crippen LogP) is -4.48. The van der Waals surface area contributed by atoms with Gasteiger partial charge >= 0.3 is 29.2 Å². The Kier molecular flexibility index (Phi) is 13.4. The van der Waals surface area contributed by atoms with Gasteiger partial charge < -0.3 is 59.0 Å². The van der Waals surface area contributed by atoms with Crippen LogP contribution in [0.3, 0.4) is 0 Å². The van der Waals surface area contributed by atoms with Gasteiger partial charge in [-0.3, -0.25) is 14.3 Å². The molecular weight excluding hydrogens is 501 g/mol. The van der Waals surface area contributed by atoms with E-state index in [2.05, 4.69) is 0 Å². The average molecular weight is 520 g/mol. The van der Waals surface area contributed by atoms with Crippen molar-refractivity contribution in [1.29, 1.82) is 0 Å². The van der Waals surface area contributed by atoms with Gasteiger partial charge in [0.15, 0.2) is 0 Å². The number of ether oxygens (including phenoxy) is 1. The van der Waals surface area contributed by atoms with Crippen LogP contribution in [0.4, 0.5) is 0 Å². The van der Waals surface area contributed by atoms with Gasteiger partial charge in [0.05, 0.1) is 0 Å². The van der Waals surface area contributed by atoms with Crippen molar-refractivity contribution in [2.24, 2.45) is 0 Å². The molecule has 31 heavy (non-hydrogen) atoms.